The summed E-state index contributed by atoms with van der Waals surface area (Å²) in [7, 11) is 0. The van der Waals surface area contributed by atoms with Crippen LogP contribution in [0.4, 0.5) is 0 Å². The molecule has 0 fully saturated rings. The molecule has 0 aliphatic carbocycles. The number of hydrazone groups is 1. The van der Waals surface area contributed by atoms with Gasteiger partial charge in [-0.2, -0.15) is 5.10 Å². The first-order valence-electron chi connectivity index (χ1n) is 5.48. The Morgan fingerprint density at radius 1 is 1.59 bits per heavy atom. The van der Waals surface area contributed by atoms with Crippen LogP contribution in [0.15, 0.2) is 21.8 Å². The number of hydrogen-bond acceptors (Lipinski definition) is 4. The van der Waals surface area contributed by atoms with Crippen LogP contribution >= 0.6 is 15.9 Å². The third kappa shape index (κ3) is 3.67. The molecule has 1 heterocycles. The molecule has 94 valence electrons. The van der Waals surface area contributed by atoms with Gasteiger partial charge in [0, 0.05) is 5.56 Å². The molecule has 0 amide bonds. The van der Waals surface area contributed by atoms with Crippen molar-refractivity contribution >= 4 is 21.8 Å². The number of unbranched alkanes of at least 4 members (excludes halogenated alkanes) is 1. The lowest BCUT2D eigenvalue weighted by atomic mass is 10.0. The third-order valence-corrected chi connectivity index (χ3v) is 2.91. The van der Waals surface area contributed by atoms with Gasteiger partial charge in [-0.15, -0.1) is 0 Å². The molecule has 0 aliphatic heterocycles. The van der Waals surface area contributed by atoms with E-state index in [1.54, 1.807) is 12.1 Å². The van der Waals surface area contributed by atoms with Crippen LogP contribution in [0.25, 0.3) is 0 Å². The Labute approximate surface area is 109 Å². The summed E-state index contributed by atoms with van der Waals surface area (Å²) in [6.45, 7) is 2.07. The quantitative estimate of drug-likeness (QED) is 0.253. The number of rotatable bonds is 5. The largest absolute Gasteiger partial charge is 0.388 e. The Hall–Kier alpha value is -1.14. The van der Waals surface area contributed by atoms with Crippen LogP contribution in [0.3, 0.4) is 0 Å². The summed E-state index contributed by atoms with van der Waals surface area (Å²) >= 11 is 3.25. The highest BCUT2D eigenvalue weighted by Gasteiger charge is 2.16. The van der Waals surface area contributed by atoms with Gasteiger partial charge in [0.25, 0.3) is 0 Å². The van der Waals surface area contributed by atoms with Gasteiger partial charge in [-0.3, -0.25) is 0 Å². The molecular weight excluding hydrogens is 284 g/mol. The second-order valence-corrected chi connectivity index (χ2v) is 4.56. The van der Waals surface area contributed by atoms with E-state index < -0.39 is 6.10 Å². The molecule has 0 bridgehead atoms. The fraction of sp³-hybridized carbons (Fsp3) is 0.455. The van der Waals surface area contributed by atoms with Crippen LogP contribution in [0.2, 0.25) is 0 Å². The fourth-order valence-electron chi connectivity index (χ4n) is 1.53. The van der Waals surface area contributed by atoms with E-state index >= 15 is 0 Å². The molecule has 5 nitrogen and oxygen atoms in total. The van der Waals surface area contributed by atoms with Crippen molar-refractivity contribution in [2.45, 2.75) is 32.3 Å². The molecule has 0 saturated heterocycles. The normalized spacial score (nSPS) is 13.7. The molecule has 6 heteroatoms. The van der Waals surface area contributed by atoms with E-state index in [4.69, 9.17) is 11.6 Å². The third-order valence-electron chi connectivity index (χ3n) is 2.46. The van der Waals surface area contributed by atoms with E-state index in [1.165, 1.54) is 0 Å². The number of aromatic nitrogens is 1. The van der Waals surface area contributed by atoms with Gasteiger partial charge in [-0.1, -0.05) is 25.8 Å². The Morgan fingerprint density at radius 2 is 2.29 bits per heavy atom. The molecule has 1 aromatic heterocycles. The highest BCUT2D eigenvalue weighted by molar-refractivity contribution is 9.10. The monoisotopic (exact) mass is 300 g/mol. The van der Waals surface area contributed by atoms with Crippen LogP contribution in [-0.4, -0.2) is 15.9 Å². The minimum absolute atomic E-state index is 0.122. The Balaban J connectivity index is 3.05. The smallest absolute Gasteiger partial charge is 0.169 e. The first-order valence-corrected chi connectivity index (χ1v) is 6.27. The Kier molecular flexibility index (Phi) is 5.37. The van der Waals surface area contributed by atoms with Gasteiger partial charge in [0.15, 0.2) is 5.84 Å². The van der Waals surface area contributed by atoms with E-state index in [2.05, 4.69) is 32.9 Å². The second kappa shape index (κ2) is 6.56. The second-order valence-electron chi connectivity index (χ2n) is 3.74. The summed E-state index contributed by atoms with van der Waals surface area (Å²) in [6, 6.07) is 3.54. The number of pyridine rings is 1. The van der Waals surface area contributed by atoms with Crippen molar-refractivity contribution in [1.82, 2.24) is 4.98 Å². The molecule has 17 heavy (non-hydrogen) atoms. The first kappa shape index (κ1) is 13.9. The molecule has 1 aromatic rings. The molecule has 1 rings (SSSR count). The molecular formula is C11H17BrN4O. The number of aliphatic hydroxyl groups is 1. The summed E-state index contributed by atoms with van der Waals surface area (Å²) in [6.07, 6.45) is 2.04. The van der Waals surface area contributed by atoms with Crippen molar-refractivity contribution in [3.05, 3.63) is 28.0 Å². The average molecular weight is 301 g/mol. The van der Waals surface area contributed by atoms with Gasteiger partial charge in [-0.05, 0) is 28.4 Å². The predicted octanol–water partition coefficient (Wildman–Crippen LogP) is 1.65. The summed E-state index contributed by atoms with van der Waals surface area (Å²) < 4.78 is 0.630. The summed E-state index contributed by atoms with van der Waals surface area (Å²) in [5.74, 6) is 5.27. The van der Waals surface area contributed by atoms with E-state index in [-0.39, 0.29) is 5.84 Å². The molecule has 0 saturated carbocycles. The van der Waals surface area contributed by atoms with E-state index in [0.717, 1.165) is 12.8 Å². The van der Waals surface area contributed by atoms with Gasteiger partial charge in [0.1, 0.15) is 10.3 Å². The lowest BCUT2D eigenvalue weighted by Crippen LogP contribution is -2.21. The predicted molar refractivity (Wildman–Crippen MR) is 71.3 cm³/mol. The van der Waals surface area contributed by atoms with Crippen molar-refractivity contribution in [2.75, 3.05) is 0 Å². The highest BCUT2D eigenvalue weighted by Crippen LogP contribution is 2.23. The number of aliphatic hydroxyl groups excluding tert-OH is 1. The molecule has 5 N–H and O–H groups in total. The minimum Gasteiger partial charge on any atom is -0.388 e. The maximum absolute atomic E-state index is 10.1. The van der Waals surface area contributed by atoms with Gasteiger partial charge in [-0.25, -0.2) is 4.98 Å². The van der Waals surface area contributed by atoms with E-state index in [1.807, 2.05) is 0 Å². The zero-order valence-corrected chi connectivity index (χ0v) is 11.3. The zero-order chi connectivity index (χ0) is 12.8. The lowest BCUT2D eigenvalue weighted by Gasteiger charge is -2.14. The van der Waals surface area contributed by atoms with Crippen LogP contribution in [0.1, 0.15) is 43.5 Å². The number of hydrogen-bond donors (Lipinski definition) is 3. The van der Waals surface area contributed by atoms with E-state index in [0.29, 0.717) is 22.3 Å². The summed E-state index contributed by atoms with van der Waals surface area (Å²) in [5.41, 5.74) is 6.76. The summed E-state index contributed by atoms with van der Waals surface area (Å²) in [5, 5.41) is 13.5. The first-order chi connectivity index (χ1) is 8.10. The average Bonchev–Trinajstić information content (AvgIpc) is 2.34. The van der Waals surface area contributed by atoms with Crippen LogP contribution in [0.5, 0.6) is 0 Å². The molecule has 1 unspecified atom stereocenters. The van der Waals surface area contributed by atoms with Crippen molar-refractivity contribution in [2.24, 2.45) is 16.7 Å². The van der Waals surface area contributed by atoms with Gasteiger partial charge >= 0.3 is 0 Å². The van der Waals surface area contributed by atoms with Crippen molar-refractivity contribution in [3.63, 3.8) is 0 Å². The fourth-order valence-corrected chi connectivity index (χ4v) is 1.84. The molecule has 0 radical (unpaired) electrons. The lowest BCUT2D eigenvalue weighted by molar-refractivity contribution is 0.163. The molecule has 1 atom stereocenters. The van der Waals surface area contributed by atoms with Crippen molar-refractivity contribution < 1.29 is 5.11 Å². The number of nitrogens with two attached hydrogens (primary N) is 2. The number of nitrogens with zero attached hydrogens (tertiary/aromatic N) is 2. The van der Waals surface area contributed by atoms with Gasteiger partial charge in [0.2, 0.25) is 0 Å². The number of amidine groups is 1. The van der Waals surface area contributed by atoms with Crippen molar-refractivity contribution in [3.8, 4) is 0 Å². The van der Waals surface area contributed by atoms with Crippen LogP contribution in [-0.2, 0) is 0 Å². The molecule has 0 aromatic carbocycles. The van der Waals surface area contributed by atoms with Crippen LogP contribution in [0, 0.1) is 0 Å². The SMILES string of the molecule is CCCCC(O)c1ccc(Br)nc1/C(N)=N/N. The van der Waals surface area contributed by atoms with E-state index in [9.17, 15) is 5.11 Å². The maximum Gasteiger partial charge on any atom is 0.169 e. The van der Waals surface area contributed by atoms with Crippen molar-refractivity contribution in [1.29, 1.82) is 0 Å². The standard InChI is InChI=1S/C11H17BrN4O/c1-2-3-4-8(17)7-5-6-9(12)15-10(7)11(13)16-14/h5-6,8,17H,2-4,14H2,1H3,(H2,13,16). The van der Waals surface area contributed by atoms with Crippen LogP contribution < -0.4 is 11.6 Å². The molecule has 0 aliphatic rings. The Bertz CT molecular complexity index is 408. The summed E-state index contributed by atoms with van der Waals surface area (Å²) in [4.78, 5) is 4.19. The van der Waals surface area contributed by atoms with Gasteiger partial charge in [0.05, 0.1) is 6.10 Å². The van der Waals surface area contributed by atoms with Gasteiger partial charge < -0.3 is 16.7 Å². The highest BCUT2D eigenvalue weighted by atomic mass is 79.9. The molecule has 0 spiro atoms. The minimum atomic E-state index is -0.592. The Morgan fingerprint density at radius 3 is 2.88 bits per heavy atom. The maximum atomic E-state index is 10.1. The topological polar surface area (TPSA) is 97.5 Å². The zero-order valence-electron chi connectivity index (χ0n) is 9.73. The number of halogens is 1.